The van der Waals surface area contributed by atoms with Crippen molar-refractivity contribution < 1.29 is 4.74 Å². The number of hydrogen-bond acceptors (Lipinski definition) is 3. The van der Waals surface area contributed by atoms with Gasteiger partial charge in [-0.3, -0.25) is 4.99 Å². The first-order valence-electron chi connectivity index (χ1n) is 8.84. The number of hydrogen-bond donors (Lipinski definition) is 1. The quantitative estimate of drug-likeness (QED) is 0.628. The maximum absolute atomic E-state index is 6.08. The van der Waals surface area contributed by atoms with E-state index in [-0.39, 0.29) is 4.75 Å². The van der Waals surface area contributed by atoms with E-state index in [2.05, 4.69) is 37.2 Å². The van der Waals surface area contributed by atoms with Crippen molar-refractivity contribution in [3.8, 4) is 5.75 Å². The van der Waals surface area contributed by atoms with Gasteiger partial charge in [-0.25, -0.2) is 0 Å². The van der Waals surface area contributed by atoms with Crippen molar-refractivity contribution in [1.29, 1.82) is 0 Å². The van der Waals surface area contributed by atoms with Crippen LogP contribution in [0, 0.1) is 0 Å². The summed E-state index contributed by atoms with van der Waals surface area (Å²) in [5.74, 6) is 2.01. The van der Waals surface area contributed by atoms with Crippen LogP contribution >= 0.6 is 11.8 Å². The molecule has 2 rings (SSSR count). The lowest BCUT2D eigenvalue weighted by Crippen LogP contribution is -2.48. The molecular formula is C19H31N3OS. The largest absolute Gasteiger partial charge is 0.490 e. The van der Waals surface area contributed by atoms with E-state index in [1.165, 1.54) is 0 Å². The average Bonchev–Trinajstić information content (AvgIpc) is 2.60. The summed E-state index contributed by atoms with van der Waals surface area (Å²) >= 11 is 1.86. The molecule has 0 aliphatic carbocycles. The third-order valence-corrected chi connectivity index (χ3v) is 5.52. The first kappa shape index (κ1) is 19.0. The van der Waals surface area contributed by atoms with Crippen LogP contribution in [0.25, 0.3) is 0 Å². The van der Waals surface area contributed by atoms with Gasteiger partial charge in [-0.1, -0.05) is 18.2 Å². The topological polar surface area (TPSA) is 36.9 Å². The molecule has 0 amide bonds. The van der Waals surface area contributed by atoms with E-state index in [9.17, 15) is 0 Å². The minimum absolute atomic E-state index is 0.176. The number of aliphatic imine (C=N–C) groups is 1. The Morgan fingerprint density at radius 2 is 1.96 bits per heavy atom. The highest BCUT2D eigenvalue weighted by Gasteiger charge is 2.23. The maximum atomic E-state index is 6.08. The van der Waals surface area contributed by atoms with Gasteiger partial charge in [-0.05, 0) is 39.2 Å². The van der Waals surface area contributed by atoms with Crippen LogP contribution < -0.4 is 10.1 Å². The van der Waals surface area contributed by atoms with E-state index in [0.29, 0.717) is 6.10 Å². The molecule has 1 aromatic carbocycles. The predicted molar refractivity (Wildman–Crippen MR) is 105 cm³/mol. The minimum Gasteiger partial charge on any atom is -0.490 e. The van der Waals surface area contributed by atoms with Crippen molar-refractivity contribution in [2.75, 3.05) is 32.4 Å². The molecule has 134 valence electrons. The fraction of sp³-hybridized carbons (Fsp3) is 0.632. The van der Waals surface area contributed by atoms with Crippen molar-refractivity contribution in [1.82, 2.24) is 10.2 Å². The lowest BCUT2D eigenvalue weighted by atomic mass is 10.1. The Hall–Kier alpha value is -1.36. The van der Waals surface area contributed by atoms with Gasteiger partial charge in [-0.2, -0.15) is 11.8 Å². The van der Waals surface area contributed by atoms with E-state index < -0.39 is 0 Å². The Morgan fingerprint density at radius 3 is 2.54 bits per heavy atom. The fourth-order valence-electron chi connectivity index (χ4n) is 2.63. The highest BCUT2D eigenvalue weighted by atomic mass is 32.2. The summed E-state index contributed by atoms with van der Waals surface area (Å²) in [6.07, 6.45) is 4.51. The molecule has 24 heavy (non-hydrogen) atoms. The van der Waals surface area contributed by atoms with E-state index in [4.69, 9.17) is 9.73 Å². The number of thioether (sulfide) groups is 1. The number of piperidine rings is 1. The molecule has 0 unspecified atom stereocenters. The van der Waals surface area contributed by atoms with Gasteiger partial charge in [0.15, 0.2) is 5.96 Å². The van der Waals surface area contributed by atoms with E-state index >= 15 is 0 Å². The Bertz CT molecular complexity index is 511. The minimum atomic E-state index is 0.176. The van der Waals surface area contributed by atoms with Crippen LogP contribution in [0.3, 0.4) is 0 Å². The fourth-order valence-corrected chi connectivity index (χ4v) is 2.83. The average molecular weight is 350 g/mol. The van der Waals surface area contributed by atoms with Gasteiger partial charge >= 0.3 is 0 Å². The van der Waals surface area contributed by atoms with E-state index in [0.717, 1.165) is 50.7 Å². The number of likely N-dealkylation sites (tertiary alicyclic amines) is 1. The van der Waals surface area contributed by atoms with Crippen molar-refractivity contribution in [2.24, 2.45) is 4.99 Å². The zero-order valence-electron chi connectivity index (χ0n) is 15.4. The Kier molecular flexibility index (Phi) is 7.28. The molecule has 0 bridgehead atoms. The first-order valence-corrected chi connectivity index (χ1v) is 10.1. The number of para-hydroxylation sites is 1. The maximum Gasteiger partial charge on any atom is 0.193 e. The number of ether oxygens (including phenoxy) is 1. The van der Waals surface area contributed by atoms with Crippen molar-refractivity contribution in [2.45, 2.75) is 44.5 Å². The summed E-state index contributed by atoms with van der Waals surface area (Å²) in [7, 11) is 0. The first-order chi connectivity index (χ1) is 11.5. The number of nitrogens with one attached hydrogen (secondary N) is 1. The second-order valence-electron chi connectivity index (χ2n) is 6.75. The second-order valence-corrected chi connectivity index (χ2v) is 8.26. The van der Waals surface area contributed by atoms with Gasteiger partial charge in [-0.15, -0.1) is 0 Å². The van der Waals surface area contributed by atoms with Gasteiger partial charge in [0.05, 0.1) is 6.54 Å². The Morgan fingerprint density at radius 1 is 1.29 bits per heavy atom. The van der Waals surface area contributed by atoms with Crippen LogP contribution in [0.4, 0.5) is 0 Å². The molecular weight excluding hydrogens is 318 g/mol. The number of nitrogens with zero attached hydrogens (tertiary/aromatic N) is 2. The molecule has 1 fully saturated rings. The van der Waals surface area contributed by atoms with Gasteiger partial charge in [0, 0.05) is 37.2 Å². The van der Waals surface area contributed by atoms with Crippen LogP contribution in [-0.4, -0.2) is 54.1 Å². The zero-order chi connectivity index (χ0) is 17.4. The van der Waals surface area contributed by atoms with Gasteiger partial charge in [0.25, 0.3) is 0 Å². The summed E-state index contributed by atoms with van der Waals surface area (Å²) in [5.41, 5.74) is 0. The molecule has 0 spiro atoms. The standard InChI is InChI=1S/C19H31N3OS/c1-5-20-18(21-15-19(2,3)24-4)22-13-11-17(12-14-22)23-16-9-7-6-8-10-16/h6-10,17H,5,11-15H2,1-4H3,(H,20,21). The Balaban J connectivity index is 1.89. The summed E-state index contributed by atoms with van der Waals surface area (Å²) in [5, 5.41) is 3.44. The summed E-state index contributed by atoms with van der Waals surface area (Å²) in [4.78, 5) is 7.22. The lowest BCUT2D eigenvalue weighted by molar-refractivity contribution is 0.129. The molecule has 1 aliphatic rings. The van der Waals surface area contributed by atoms with E-state index in [1.807, 2.05) is 42.1 Å². The van der Waals surface area contributed by atoms with Crippen molar-refractivity contribution in [3.63, 3.8) is 0 Å². The summed E-state index contributed by atoms with van der Waals surface area (Å²) < 4.78 is 6.26. The lowest BCUT2D eigenvalue weighted by Gasteiger charge is -2.34. The second kappa shape index (κ2) is 9.21. The SMILES string of the molecule is CCNC(=NCC(C)(C)SC)N1CCC(Oc2ccccc2)CC1. The third-order valence-electron chi connectivity index (χ3n) is 4.28. The van der Waals surface area contributed by atoms with Gasteiger partial charge in [0.1, 0.15) is 11.9 Å². The molecule has 0 saturated carbocycles. The zero-order valence-corrected chi connectivity index (χ0v) is 16.2. The highest BCUT2D eigenvalue weighted by molar-refractivity contribution is 7.99. The van der Waals surface area contributed by atoms with Crippen LogP contribution in [0.15, 0.2) is 35.3 Å². The monoisotopic (exact) mass is 349 g/mol. The van der Waals surface area contributed by atoms with Crippen LogP contribution in [0.1, 0.15) is 33.6 Å². The normalized spacial score (nSPS) is 17.0. The predicted octanol–water partition coefficient (Wildman–Crippen LogP) is 3.64. The van der Waals surface area contributed by atoms with Crippen molar-refractivity contribution in [3.05, 3.63) is 30.3 Å². The molecule has 0 radical (unpaired) electrons. The molecule has 4 nitrogen and oxygen atoms in total. The van der Waals surface area contributed by atoms with Crippen LogP contribution in [-0.2, 0) is 0 Å². The molecule has 1 N–H and O–H groups in total. The molecule has 1 heterocycles. The highest BCUT2D eigenvalue weighted by Crippen LogP contribution is 2.22. The molecule has 0 aromatic heterocycles. The summed E-state index contributed by atoms with van der Waals surface area (Å²) in [6, 6.07) is 10.1. The number of benzene rings is 1. The van der Waals surface area contributed by atoms with E-state index in [1.54, 1.807) is 0 Å². The number of rotatable bonds is 6. The summed E-state index contributed by atoms with van der Waals surface area (Å²) in [6.45, 7) is 10.3. The smallest absolute Gasteiger partial charge is 0.193 e. The molecule has 1 aromatic rings. The van der Waals surface area contributed by atoms with Crippen LogP contribution in [0.5, 0.6) is 5.75 Å². The van der Waals surface area contributed by atoms with Gasteiger partial charge < -0.3 is 15.0 Å². The van der Waals surface area contributed by atoms with Gasteiger partial charge in [0.2, 0.25) is 0 Å². The molecule has 1 saturated heterocycles. The molecule has 5 heteroatoms. The third kappa shape index (κ3) is 5.93. The Labute approximate surface area is 151 Å². The van der Waals surface area contributed by atoms with Crippen molar-refractivity contribution >= 4 is 17.7 Å². The van der Waals surface area contributed by atoms with Crippen LogP contribution in [0.2, 0.25) is 0 Å². The number of guanidine groups is 1. The molecule has 1 aliphatic heterocycles. The molecule has 0 atom stereocenters.